The maximum Gasteiger partial charge on any atom is 0.256 e. The van der Waals surface area contributed by atoms with Crippen molar-refractivity contribution < 1.29 is 32.2 Å². The summed E-state index contributed by atoms with van der Waals surface area (Å²) in [6, 6.07) is 6.56. The number of carbonyl (C=O) groups is 2. The summed E-state index contributed by atoms with van der Waals surface area (Å²) < 4.78 is 50.7. The van der Waals surface area contributed by atoms with E-state index in [1.807, 2.05) is 0 Å². The number of carbonyl (C=O) groups excluding carboxylic acids is 2. The Balaban J connectivity index is 1.53. The molecule has 0 aromatic heterocycles. The predicted molar refractivity (Wildman–Crippen MR) is 107 cm³/mol. The summed E-state index contributed by atoms with van der Waals surface area (Å²) in [5.74, 6) is -4.30. The number of halogens is 3. The van der Waals surface area contributed by atoms with Crippen LogP contribution in [0.3, 0.4) is 0 Å². The molecule has 1 heterocycles. The number of methoxy groups -OCH3 is 2. The molecule has 0 atom stereocenters. The molecule has 0 bridgehead atoms. The lowest BCUT2D eigenvalue weighted by molar-refractivity contribution is 0.0678. The van der Waals surface area contributed by atoms with Gasteiger partial charge in [0.05, 0.1) is 19.8 Å². The minimum Gasteiger partial charge on any atom is -0.493 e. The fourth-order valence-corrected chi connectivity index (χ4v) is 3.52. The Morgan fingerprint density at radius 1 is 1.00 bits per heavy atom. The third-order valence-electron chi connectivity index (χ3n) is 5.36. The lowest BCUT2D eigenvalue weighted by Crippen LogP contribution is -2.41. The number of hydrogen-bond donors (Lipinski definition) is 1. The van der Waals surface area contributed by atoms with Gasteiger partial charge in [-0.2, -0.15) is 0 Å². The Hall–Kier alpha value is -3.23. The maximum atomic E-state index is 13.9. The molecule has 1 N–H and O–H groups in total. The van der Waals surface area contributed by atoms with Crippen LogP contribution in [0.4, 0.5) is 13.2 Å². The fraction of sp³-hybridized carbons (Fsp3) is 0.364. The first-order valence-corrected chi connectivity index (χ1v) is 9.78. The minimum absolute atomic E-state index is 0.128. The molecule has 1 aliphatic rings. The van der Waals surface area contributed by atoms with E-state index >= 15 is 0 Å². The Bertz CT molecular complexity index is 975. The first-order chi connectivity index (χ1) is 14.8. The highest BCUT2D eigenvalue weighted by atomic mass is 19.2. The van der Waals surface area contributed by atoms with Gasteiger partial charge in [-0.05, 0) is 49.1 Å². The lowest BCUT2D eigenvalue weighted by Gasteiger charge is -2.32. The zero-order valence-corrected chi connectivity index (χ0v) is 17.2. The van der Waals surface area contributed by atoms with Crippen LogP contribution in [0, 0.1) is 23.4 Å². The number of rotatable bonds is 6. The van der Waals surface area contributed by atoms with E-state index in [2.05, 4.69) is 5.32 Å². The van der Waals surface area contributed by atoms with Crippen molar-refractivity contribution >= 4 is 11.8 Å². The van der Waals surface area contributed by atoms with Crippen LogP contribution in [0.15, 0.2) is 30.3 Å². The Labute approximate surface area is 177 Å². The summed E-state index contributed by atoms with van der Waals surface area (Å²) >= 11 is 0. The van der Waals surface area contributed by atoms with Crippen LogP contribution in [0.5, 0.6) is 11.5 Å². The Morgan fingerprint density at radius 3 is 2.32 bits per heavy atom. The molecule has 31 heavy (non-hydrogen) atoms. The number of amides is 2. The highest BCUT2D eigenvalue weighted by molar-refractivity contribution is 5.95. The van der Waals surface area contributed by atoms with E-state index in [1.54, 1.807) is 18.2 Å². The second kappa shape index (κ2) is 9.72. The van der Waals surface area contributed by atoms with Crippen LogP contribution in [0.1, 0.15) is 33.6 Å². The predicted octanol–water partition coefficient (Wildman–Crippen LogP) is 3.40. The highest BCUT2D eigenvalue weighted by Crippen LogP contribution is 2.27. The highest BCUT2D eigenvalue weighted by Gasteiger charge is 2.27. The maximum absolute atomic E-state index is 13.9. The molecule has 3 rings (SSSR count). The van der Waals surface area contributed by atoms with Crippen molar-refractivity contribution in [2.24, 2.45) is 5.92 Å². The minimum atomic E-state index is -1.65. The van der Waals surface area contributed by atoms with Crippen molar-refractivity contribution in [3.05, 3.63) is 58.9 Å². The van der Waals surface area contributed by atoms with Gasteiger partial charge in [-0.15, -0.1) is 0 Å². The average molecular weight is 436 g/mol. The number of nitrogens with zero attached hydrogens (tertiary/aromatic N) is 1. The summed E-state index contributed by atoms with van der Waals surface area (Å²) in [6.45, 7) is 1.07. The van der Waals surface area contributed by atoms with Crippen LogP contribution in [0.25, 0.3) is 0 Å². The molecule has 9 heteroatoms. The topological polar surface area (TPSA) is 67.9 Å². The zero-order chi connectivity index (χ0) is 22.5. The van der Waals surface area contributed by atoms with Gasteiger partial charge in [0.2, 0.25) is 0 Å². The van der Waals surface area contributed by atoms with Gasteiger partial charge in [-0.25, -0.2) is 13.2 Å². The molecule has 1 aliphatic heterocycles. The van der Waals surface area contributed by atoms with Crippen LogP contribution in [-0.4, -0.2) is 50.6 Å². The second-order valence-corrected chi connectivity index (χ2v) is 7.24. The number of hydrogen-bond acceptors (Lipinski definition) is 4. The van der Waals surface area contributed by atoms with Gasteiger partial charge in [-0.1, -0.05) is 0 Å². The second-order valence-electron chi connectivity index (χ2n) is 7.24. The summed E-state index contributed by atoms with van der Waals surface area (Å²) in [4.78, 5) is 26.3. The van der Waals surface area contributed by atoms with E-state index in [0.717, 1.165) is 12.1 Å². The monoisotopic (exact) mass is 436 g/mol. The van der Waals surface area contributed by atoms with E-state index in [9.17, 15) is 22.8 Å². The third-order valence-corrected chi connectivity index (χ3v) is 5.36. The third kappa shape index (κ3) is 4.92. The van der Waals surface area contributed by atoms with Crippen LogP contribution in [-0.2, 0) is 0 Å². The summed E-state index contributed by atoms with van der Waals surface area (Å²) in [7, 11) is 3.00. The van der Waals surface area contributed by atoms with Crippen molar-refractivity contribution in [2.75, 3.05) is 33.9 Å². The molecule has 0 aliphatic carbocycles. The van der Waals surface area contributed by atoms with E-state index in [4.69, 9.17) is 9.47 Å². The first-order valence-electron chi connectivity index (χ1n) is 9.78. The molecular weight excluding hydrogens is 413 g/mol. The average Bonchev–Trinajstić information content (AvgIpc) is 2.80. The molecule has 6 nitrogen and oxygen atoms in total. The van der Waals surface area contributed by atoms with Crippen molar-refractivity contribution in [1.82, 2.24) is 10.2 Å². The smallest absolute Gasteiger partial charge is 0.256 e. The van der Waals surface area contributed by atoms with Crippen molar-refractivity contribution in [3.8, 4) is 11.5 Å². The Morgan fingerprint density at radius 2 is 1.68 bits per heavy atom. The molecule has 2 amide bonds. The molecule has 166 valence electrons. The van der Waals surface area contributed by atoms with E-state index in [1.165, 1.54) is 19.1 Å². The number of likely N-dealkylation sites (tertiary alicyclic amines) is 1. The number of benzene rings is 2. The molecule has 1 fully saturated rings. The number of ether oxygens (including phenoxy) is 2. The van der Waals surface area contributed by atoms with Crippen molar-refractivity contribution in [2.45, 2.75) is 12.8 Å². The zero-order valence-electron chi connectivity index (χ0n) is 17.2. The quantitative estimate of drug-likeness (QED) is 0.705. The summed E-state index contributed by atoms with van der Waals surface area (Å²) in [5, 5.41) is 2.87. The van der Waals surface area contributed by atoms with Gasteiger partial charge in [0.25, 0.3) is 11.8 Å². The molecule has 0 radical (unpaired) electrons. The fourth-order valence-electron chi connectivity index (χ4n) is 3.52. The summed E-state index contributed by atoms with van der Waals surface area (Å²) in [6.07, 6.45) is 1.17. The lowest BCUT2D eigenvalue weighted by atomic mass is 9.96. The van der Waals surface area contributed by atoms with Gasteiger partial charge in [0.15, 0.2) is 29.0 Å². The van der Waals surface area contributed by atoms with Gasteiger partial charge < -0.3 is 19.7 Å². The number of piperidine rings is 1. The molecular formula is C22H23F3N2O4. The van der Waals surface area contributed by atoms with Gasteiger partial charge in [-0.3, -0.25) is 9.59 Å². The van der Waals surface area contributed by atoms with E-state index in [-0.39, 0.29) is 11.8 Å². The molecule has 2 aromatic rings. The molecule has 0 saturated carbocycles. The van der Waals surface area contributed by atoms with E-state index in [0.29, 0.717) is 49.5 Å². The van der Waals surface area contributed by atoms with Gasteiger partial charge >= 0.3 is 0 Å². The van der Waals surface area contributed by atoms with E-state index < -0.39 is 28.9 Å². The standard InChI is InChI=1S/C22H23F3N2O4/c1-30-17-6-3-14(11-18(17)31-2)21(28)26-12-13-7-9-27(10-8-13)22(29)15-4-5-16(23)20(25)19(15)24/h3-6,11,13H,7-10,12H2,1-2H3,(H,26,28). The largest absolute Gasteiger partial charge is 0.493 e. The molecule has 1 saturated heterocycles. The number of nitrogens with one attached hydrogen (secondary N) is 1. The van der Waals surface area contributed by atoms with Crippen LogP contribution < -0.4 is 14.8 Å². The SMILES string of the molecule is COc1ccc(C(=O)NCC2CCN(C(=O)c3ccc(F)c(F)c3F)CC2)cc1OC. The Kier molecular flexibility index (Phi) is 7.04. The van der Waals surface area contributed by atoms with Crippen molar-refractivity contribution in [3.63, 3.8) is 0 Å². The van der Waals surface area contributed by atoms with Crippen molar-refractivity contribution in [1.29, 1.82) is 0 Å². The normalized spacial score (nSPS) is 14.3. The summed E-state index contributed by atoms with van der Waals surface area (Å²) in [5.41, 5.74) is -0.0572. The molecule has 0 unspecified atom stereocenters. The molecule has 0 spiro atoms. The van der Waals surface area contributed by atoms with Gasteiger partial charge in [0, 0.05) is 25.2 Å². The van der Waals surface area contributed by atoms with Gasteiger partial charge in [0.1, 0.15) is 0 Å². The van der Waals surface area contributed by atoms with Crippen LogP contribution in [0.2, 0.25) is 0 Å². The first kappa shape index (κ1) is 22.5. The van der Waals surface area contributed by atoms with Crippen LogP contribution >= 0.6 is 0 Å². The molecule has 2 aromatic carbocycles.